The van der Waals surface area contributed by atoms with Crippen molar-refractivity contribution in [1.82, 2.24) is 9.55 Å². The van der Waals surface area contributed by atoms with Crippen molar-refractivity contribution in [3.05, 3.63) is 32.6 Å². The molecule has 1 aromatic rings. The molecule has 1 aromatic heterocycles. The summed E-state index contributed by atoms with van der Waals surface area (Å²) in [6, 6.07) is 0. The van der Waals surface area contributed by atoms with Crippen molar-refractivity contribution in [3.63, 3.8) is 0 Å². The average Bonchev–Trinajstić information content (AvgIpc) is 2.81. The summed E-state index contributed by atoms with van der Waals surface area (Å²) < 4.78 is 26.3. The first-order chi connectivity index (χ1) is 9.92. The normalized spacial score (nSPS) is 26.0. The number of aliphatic hydroxyl groups is 1. The molecule has 0 bridgehead atoms. The van der Waals surface area contributed by atoms with Crippen LogP contribution in [0, 0.1) is 6.92 Å². The molecular formula is C10H13BN2O7P+. The van der Waals surface area contributed by atoms with Crippen LogP contribution in [0.25, 0.3) is 0 Å². The molecule has 9 nitrogen and oxygen atoms in total. The minimum absolute atomic E-state index is 0.125. The van der Waals surface area contributed by atoms with Crippen LogP contribution in [0.15, 0.2) is 15.8 Å². The van der Waals surface area contributed by atoms with Crippen molar-refractivity contribution >= 4 is 16.3 Å². The molecule has 0 saturated carbocycles. The van der Waals surface area contributed by atoms with Gasteiger partial charge in [0.2, 0.25) is 0 Å². The van der Waals surface area contributed by atoms with Gasteiger partial charge in [0, 0.05) is 22.7 Å². The van der Waals surface area contributed by atoms with Gasteiger partial charge in [-0.2, -0.15) is 0 Å². The maximum Gasteiger partial charge on any atom is 0.679 e. The second-order valence-corrected chi connectivity index (χ2v) is 5.45. The monoisotopic (exact) mass is 315 g/mol. The molecule has 0 aliphatic carbocycles. The highest BCUT2D eigenvalue weighted by molar-refractivity contribution is 7.34. The number of aliphatic hydroxyl groups excluding tert-OH is 1. The van der Waals surface area contributed by atoms with Crippen LogP contribution < -0.4 is 11.2 Å². The summed E-state index contributed by atoms with van der Waals surface area (Å²) >= 11 is 0. The molecule has 1 fully saturated rings. The first-order valence-corrected chi connectivity index (χ1v) is 7.14. The Balaban J connectivity index is 2.10. The molecular weight excluding hydrogens is 302 g/mol. The summed E-state index contributed by atoms with van der Waals surface area (Å²) in [6.45, 7) is 1.34. The van der Waals surface area contributed by atoms with E-state index in [-0.39, 0.29) is 13.0 Å². The predicted molar refractivity (Wildman–Crippen MR) is 71.0 cm³/mol. The van der Waals surface area contributed by atoms with E-state index < -0.39 is 37.9 Å². The molecule has 2 unspecified atom stereocenters. The van der Waals surface area contributed by atoms with Crippen LogP contribution in [0.3, 0.4) is 0 Å². The van der Waals surface area contributed by atoms with Crippen molar-refractivity contribution in [2.45, 2.75) is 31.8 Å². The fraction of sp³-hybridized carbons (Fsp3) is 0.600. The van der Waals surface area contributed by atoms with Gasteiger partial charge in [0.05, 0.1) is 6.10 Å². The number of hydrogen-bond donors (Lipinski definition) is 2. The molecule has 2 radical (unpaired) electrons. The summed E-state index contributed by atoms with van der Waals surface area (Å²) in [7, 11) is 2.19. The van der Waals surface area contributed by atoms with E-state index in [9.17, 15) is 19.3 Å². The fourth-order valence-electron chi connectivity index (χ4n) is 2.00. The maximum absolute atomic E-state index is 11.7. The molecule has 11 heteroatoms. The van der Waals surface area contributed by atoms with Gasteiger partial charge in [-0.25, -0.2) is 9.24 Å². The Hall–Kier alpha value is -1.32. The highest BCUT2D eigenvalue weighted by atomic mass is 31.1. The lowest BCUT2D eigenvalue weighted by atomic mass is 10.2. The van der Waals surface area contributed by atoms with Crippen LogP contribution in [0.2, 0.25) is 0 Å². The number of hydrogen-bond acceptors (Lipinski definition) is 7. The molecule has 0 amide bonds. The van der Waals surface area contributed by atoms with Crippen molar-refractivity contribution < 1.29 is 23.4 Å². The topological polar surface area (TPSA) is 120 Å². The lowest BCUT2D eigenvalue weighted by molar-refractivity contribution is -0.0410. The van der Waals surface area contributed by atoms with Gasteiger partial charge in [0.15, 0.2) is 0 Å². The van der Waals surface area contributed by atoms with Gasteiger partial charge in [0.25, 0.3) is 5.56 Å². The largest absolute Gasteiger partial charge is 0.679 e. The molecule has 1 aliphatic heterocycles. The highest BCUT2D eigenvalue weighted by Gasteiger charge is 2.37. The van der Waals surface area contributed by atoms with Crippen LogP contribution in [0.1, 0.15) is 18.2 Å². The van der Waals surface area contributed by atoms with E-state index >= 15 is 0 Å². The van der Waals surface area contributed by atoms with Gasteiger partial charge in [-0.15, -0.1) is 4.52 Å². The Kier molecular flexibility index (Phi) is 5.07. The number of H-pyrrole nitrogens is 1. The summed E-state index contributed by atoms with van der Waals surface area (Å²) in [6.07, 6.45) is -0.989. The van der Waals surface area contributed by atoms with Gasteiger partial charge in [-0.05, 0) is 6.92 Å². The van der Waals surface area contributed by atoms with Crippen LogP contribution in [0.4, 0.5) is 0 Å². The van der Waals surface area contributed by atoms with Crippen molar-refractivity contribution in [3.8, 4) is 0 Å². The first-order valence-electron chi connectivity index (χ1n) is 6.05. The number of aromatic nitrogens is 2. The van der Waals surface area contributed by atoms with Gasteiger partial charge in [0.1, 0.15) is 18.9 Å². The summed E-state index contributed by atoms with van der Waals surface area (Å²) in [5.41, 5.74) is -0.778. The van der Waals surface area contributed by atoms with Crippen molar-refractivity contribution in [1.29, 1.82) is 0 Å². The zero-order valence-corrected chi connectivity index (χ0v) is 12.0. The average molecular weight is 315 g/mol. The van der Waals surface area contributed by atoms with Crippen LogP contribution in [-0.4, -0.2) is 41.5 Å². The molecule has 1 aliphatic rings. The maximum atomic E-state index is 11.7. The Morgan fingerprint density at radius 2 is 2.33 bits per heavy atom. The number of nitrogens with one attached hydrogen (secondary N) is 1. The second kappa shape index (κ2) is 6.63. The van der Waals surface area contributed by atoms with E-state index in [2.05, 4.69) is 17.5 Å². The lowest BCUT2D eigenvalue weighted by Gasteiger charge is -2.14. The Labute approximate surface area is 121 Å². The molecule has 2 N–H and O–H groups in total. The molecule has 0 aromatic carbocycles. The van der Waals surface area contributed by atoms with E-state index in [1.165, 1.54) is 10.8 Å². The van der Waals surface area contributed by atoms with E-state index in [0.29, 0.717) is 5.56 Å². The number of rotatable bonds is 5. The quantitative estimate of drug-likeness (QED) is 0.543. The molecule has 2 heterocycles. The number of aromatic amines is 1. The lowest BCUT2D eigenvalue weighted by Crippen LogP contribution is -2.33. The van der Waals surface area contributed by atoms with Gasteiger partial charge in [-0.3, -0.25) is 14.3 Å². The third kappa shape index (κ3) is 3.66. The smallest absolute Gasteiger partial charge is 0.390 e. The fourth-order valence-corrected chi connectivity index (χ4v) is 2.33. The summed E-state index contributed by atoms with van der Waals surface area (Å²) in [5, 5.41) is 9.86. The minimum Gasteiger partial charge on any atom is -0.390 e. The molecule has 112 valence electrons. The predicted octanol–water partition coefficient (Wildman–Crippen LogP) is -0.732. The zero-order chi connectivity index (χ0) is 15.6. The SMILES string of the molecule is [B]O[P+](=O)OC[C@H]1O[C@@H](n2cc(C)c(=O)[nH]c2=O)CC1O. The van der Waals surface area contributed by atoms with E-state index in [0.717, 1.165) is 0 Å². The van der Waals surface area contributed by atoms with E-state index in [4.69, 9.17) is 9.26 Å². The summed E-state index contributed by atoms with van der Waals surface area (Å²) in [4.78, 5) is 25.2. The minimum atomic E-state index is -2.48. The standard InChI is InChI=1S/C10H12BN2O7P/c1-5-3-13(10(16)12-9(5)15)8-2-6(14)7(19-8)4-18-21(17)20-11/h3,6-8,14H,2,4H2,1H3/p+1/t6?,7-,8-/m1/s1. The molecule has 21 heavy (non-hydrogen) atoms. The second-order valence-electron chi connectivity index (χ2n) is 4.54. The third-order valence-corrected chi connectivity index (χ3v) is 3.62. The van der Waals surface area contributed by atoms with E-state index in [1.54, 1.807) is 6.92 Å². The summed E-state index contributed by atoms with van der Waals surface area (Å²) in [5.74, 6) is 0. The van der Waals surface area contributed by atoms with Crippen LogP contribution >= 0.6 is 8.25 Å². The van der Waals surface area contributed by atoms with Gasteiger partial charge < -0.3 is 9.84 Å². The highest BCUT2D eigenvalue weighted by Crippen LogP contribution is 2.30. The Morgan fingerprint density at radius 1 is 1.62 bits per heavy atom. The van der Waals surface area contributed by atoms with Crippen molar-refractivity contribution in [2.75, 3.05) is 6.61 Å². The number of ether oxygens (including phenoxy) is 1. The van der Waals surface area contributed by atoms with Crippen LogP contribution in [-0.2, 0) is 18.3 Å². The van der Waals surface area contributed by atoms with E-state index in [1.807, 2.05) is 0 Å². The van der Waals surface area contributed by atoms with Gasteiger partial charge >= 0.3 is 22.0 Å². The molecule has 2 rings (SSSR count). The third-order valence-electron chi connectivity index (χ3n) is 3.09. The van der Waals surface area contributed by atoms with Gasteiger partial charge in [-0.1, -0.05) is 0 Å². The zero-order valence-electron chi connectivity index (χ0n) is 11.1. The number of nitrogens with zero attached hydrogens (tertiary/aromatic N) is 1. The molecule has 4 atom stereocenters. The molecule has 1 saturated heterocycles. The Morgan fingerprint density at radius 3 is 3.00 bits per heavy atom. The number of aryl methyl sites for hydroxylation is 1. The Bertz CT molecular complexity index is 645. The van der Waals surface area contributed by atoms with Crippen molar-refractivity contribution in [2.24, 2.45) is 0 Å². The molecule has 0 spiro atoms. The first kappa shape index (κ1) is 16.1. The van der Waals surface area contributed by atoms with Crippen LogP contribution in [0.5, 0.6) is 0 Å².